The van der Waals surface area contributed by atoms with Crippen molar-refractivity contribution < 1.29 is 4.39 Å². The average molecular weight is 331 g/mol. The molecule has 1 N–H and O–H groups in total. The fraction of sp³-hybridized carbons (Fsp3) is 0.217. The summed E-state index contributed by atoms with van der Waals surface area (Å²) in [6.45, 7) is 0.841. The molecule has 3 aromatic carbocycles. The van der Waals surface area contributed by atoms with Crippen molar-refractivity contribution in [3.8, 4) is 11.1 Å². The van der Waals surface area contributed by atoms with Crippen LogP contribution in [-0.2, 0) is 13.0 Å². The van der Waals surface area contributed by atoms with Crippen LogP contribution >= 0.6 is 0 Å². The first-order chi connectivity index (χ1) is 12.3. The van der Waals surface area contributed by atoms with Gasteiger partial charge in [-0.05, 0) is 65.3 Å². The van der Waals surface area contributed by atoms with Crippen molar-refractivity contribution >= 4 is 0 Å². The van der Waals surface area contributed by atoms with E-state index in [2.05, 4.69) is 53.8 Å². The zero-order valence-electron chi connectivity index (χ0n) is 14.2. The van der Waals surface area contributed by atoms with Gasteiger partial charge in [0.25, 0.3) is 0 Å². The van der Waals surface area contributed by atoms with Gasteiger partial charge in [-0.1, -0.05) is 54.6 Å². The smallest absolute Gasteiger partial charge is 0.123 e. The molecule has 0 spiro atoms. The fourth-order valence-electron chi connectivity index (χ4n) is 3.71. The lowest BCUT2D eigenvalue weighted by atomic mass is 9.87. The third-order valence-electron chi connectivity index (χ3n) is 5.03. The number of fused-ring (bicyclic) bond motifs is 1. The van der Waals surface area contributed by atoms with Gasteiger partial charge in [0.15, 0.2) is 0 Å². The SMILES string of the molecule is Fc1ccc(-c2cccc(CN[C@H]3CCCc4ccccc43)c2)cc1. The molecule has 1 aliphatic carbocycles. The van der Waals surface area contributed by atoms with Crippen LogP contribution in [0.4, 0.5) is 4.39 Å². The van der Waals surface area contributed by atoms with Gasteiger partial charge >= 0.3 is 0 Å². The van der Waals surface area contributed by atoms with Gasteiger partial charge in [-0.25, -0.2) is 4.39 Å². The zero-order valence-corrected chi connectivity index (χ0v) is 14.2. The summed E-state index contributed by atoms with van der Waals surface area (Å²) in [6.07, 6.45) is 3.62. The highest BCUT2D eigenvalue weighted by Crippen LogP contribution is 2.30. The average Bonchev–Trinajstić information content (AvgIpc) is 2.67. The van der Waals surface area contributed by atoms with E-state index in [0.717, 1.165) is 17.7 Å². The number of hydrogen-bond acceptors (Lipinski definition) is 1. The summed E-state index contributed by atoms with van der Waals surface area (Å²) in [7, 11) is 0. The van der Waals surface area contributed by atoms with Crippen molar-refractivity contribution in [2.75, 3.05) is 0 Å². The van der Waals surface area contributed by atoms with Crippen LogP contribution in [0.2, 0.25) is 0 Å². The van der Waals surface area contributed by atoms with E-state index in [9.17, 15) is 4.39 Å². The van der Waals surface area contributed by atoms with Gasteiger partial charge < -0.3 is 5.32 Å². The first kappa shape index (κ1) is 16.0. The number of hydrogen-bond donors (Lipinski definition) is 1. The summed E-state index contributed by atoms with van der Waals surface area (Å²) < 4.78 is 13.1. The maximum Gasteiger partial charge on any atom is 0.123 e. The molecule has 0 fully saturated rings. The second kappa shape index (κ2) is 7.20. The minimum Gasteiger partial charge on any atom is -0.306 e. The van der Waals surface area contributed by atoms with Crippen LogP contribution in [-0.4, -0.2) is 0 Å². The van der Waals surface area contributed by atoms with Crippen molar-refractivity contribution in [1.29, 1.82) is 0 Å². The van der Waals surface area contributed by atoms with E-state index in [4.69, 9.17) is 0 Å². The molecule has 4 rings (SSSR count). The van der Waals surface area contributed by atoms with Gasteiger partial charge in [0, 0.05) is 12.6 Å². The summed E-state index contributed by atoms with van der Waals surface area (Å²) in [5.74, 6) is -0.197. The minimum absolute atomic E-state index is 0.197. The molecule has 0 unspecified atom stereocenters. The van der Waals surface area contributed by atoms with E-state index < -0.39 is 0 Å². The predicted molar refractivity (Wildman–Crippen MR) is 101 cm³/mol. The summed E-state index contributed by atoms with van der Waals surface area (Å²) in [5.41, 5.74) is 6.36. The standard InChI is InChI=1S/C23H22FN/c24-21-13-11-18(12-14-21)20-8-3-5-17(15-20)16-25-23-10-4-7-19-6-1-2-9-22(19)23/h1-3,5-6,8-9,11-15,23,25H,4,7,10,16H2/t23-/m0/s1. The van der Waals surface area contributed by atoms with Gasteiger partial charge in [0.2, 0.25) is 0 Å². The fourth-order valence-corrected chi connectivity index (χ4v) is 3.71. The lowest BCUT2D eigenvalue weighted by Gasteiger charge is -2.26. The van der Waals surface area contributed by atoms with Crippen molar-refractivity contribution in [2.45, 2.75) is 31.8 Å². The van der Waals surface area contributed by atoms with Crippen LogP contribution in [0.25, 0.3) is 11.1 Å². The molecular formula is C23H22FN. The topological polar surface area (TPSA) is 12.0 Å². The number of nitrogens with one attached hydrogen (secondary N) is 1. The Kier molecular flexibility index (Phi) is 4.62. The third-order valence-corrected chi connectivity index (χ3v) is 5.03. The van der Waals surface area contributed by atoms with Crippen LogP contribution in [0.5, 0.6) is 0 Å². The van der Waals surface area contributed by atoms with Crippen LogP contribution < -0.4 is 5.32 Å². The Labute approximate surface area is 148 Å². The Hall–Kier alpha value is -2.45. The highest BCUT2D eigenvalue weighted by atomic mass is 19.1. The predicted octanol–water partition coefficient (Wildman–Crippen LogP) is 5.66. The van der Waals surface area contributed by atoms with E-state index in [1.165, 1.54) is 48.1 Å². The number of rotatable bonds is 4. The minimum atomic E-state index is -0.197. The highest BCUT2D eigenvalue weighted by molar-refractivity contribution is 5.64. The molecule has 25 heavy (non-hydrogen) atoms. The Morgan fingerprint density at radius 1 is 0.880 bits per heavy atom. The van der Waals surface area contributed by atoms with Crippen LogP contribution in [0.1, 0.15) is 35.6 Å². The maximum atomic E-state index is 13.1. The third kappa shape index (κ3) is 3.64. The summed E-state index contributed by atoms with van der Waals surface area (Å²) in [5, 5.41) is 3.72. The van der Waals surface area contributed by atoms with E-state index >= 15 is 0 Å². The zero-order chi connectivity index (χ0) is 17.1. The quantitative estimate of drug-likeness (QED) is 0.650. The molecule has 1 atom stereocenters. The molecule has 0 amide bonds. The van der Waals surface area contributed by atoms with Crippen molar-refractivity contribution in [2.24, 2.45) is 0 Å². The van der Waals surface area contributed by atoms with Gasteiger partial charge in [0.1, 0.15) is 5.82 Å². The van der Waals surface area contributed by atoms with Gasteiger partial charge in [-0.2, -0.15) is 0 Å². The first-order valence-electron chi connectivity index (χ1n) is 8.96. The molecule has 126 valence electrons. The Morgan fingerprint density at radius 2 is 1.72 bits per heavy atom. The van der Waals surface area contributed by atoms with E-state index in [0.29, 0.717) is 6.04 Å². The van der Waals surface area contributed by atoms with Crippen molar-refractivity contribution in [3.05, 3.63) is 95.3 Å². The molecule has 1 nitrogen and oxygen atoms in total. The van der Waals surface area contributed by atoms with Crippen molar-refractivity contribution in [3.63, 3.8) is 0 Å². The molecule has 0 heterocycles. The Bertz CT molecular complexity index is 854. The second-order valence-electron chi connectivity index (χ2n) is 6.73. The largest absolute Gasteiger partial charge is 0.306 e. The van der Waals surface area contributed by atoms with E-state index in [1.54, 1.807) is 0 Å². The first-order valence-corrected chi connectivity index (χ1v) is 8.96. The van der Waals surface area contributed by atoms with Crippen molar-refractivity contribution in [1.82, 2.24) is 5.32 Å². The van der Waals surface area contributed by atoms with E-state index in [-0.39, 0.29) is 5.82 Å². The van der Waals surface area contributed by atoms with Gasteiger partial charge in [0.05, 0.1) is 0 Å². The normalized spacial score (nSPS) is 16.4. The molecule has 0 saturated carbocycles. The number of halogens is 1. The van der Waals surface area contributed by atoms with Crippen LogP contribution in [0.15, 0.2) is 72.8 Å². The molecule has 1 aliphatic rings. The Balaban J connectivity index is 1.49. The summed E-state index contributed by atoms with van der Waals surface area (Å²) in [6, 6.07) is 24.4. The molecule has 0 radical (unpaired) electrons. The number of aryl methyl sites for hydroxylation is 1. The van der Waals surface area contributed by atoms with Crippen LogP contribution in [0.3, 0.4) is 0 Å². The molecule has 3 aromatic rings. The van der Waals surface area contributed by atoms with Gasteiger partial charge in [-0.3, -0.25) is 0 Å². The summed E-state index contributed by atoms with van der Waals surface area (Å²) >= 11 is 0. The monoisotopic (exact) mass is 331 g/mol. The van der Waals surface area contributed by atoms with E-state index in [1.807, 2.05) is 12.1 Å². The highest BCUT2D eigenvalue weighted by Gasteiger charge is 2.18. The molecule has 0 aromatic heterocycles. The lowest BCUT2D eigenvalue weighted by Crippen LogP contribution is -2.24. The molecule has 0 saturated heterocycles. The maximum absolute atomic E-state index is 13.1. The molecule has 2 heteroatoms. The number of benzene rings is 3. The molecular weight excluding hydrogens is 309 g/mol. The molecule has 0 bridgehead atoms. The second-order valence-corrected chi connectivity index (χ2v) is 6.73. The van der Waals surface area contributed by atoms with Crippen LogP contribution in [0, 0.1) is 5.82 Å². The lowest BCUT2D eigenvalue weighted by molar-refractivity contribution is 0.459. The summed E-state index contributed by atoms with van der Waals surface area (Å²) in [4.78, 5) is 0. The van der Waals surface area contributed by atoms with Gasteiger partial charge in [-0.15, -0.1) is 0 Å². The Morgan fingerprint density at radius 3 is 2.60 bits per heavy atom. The molecule has 0 aliphatic heterocycles.